The fourth-order valence-corrected chi connectivity index (χ4v) is 3.38. The Morgan fingerprint density at radius 1 is 1.17 bits per heavy atom. The quantitative estimate of drug-likeness (QED) is 0.514. The van der Waals surface area contributed by atoms with E-state index >= 15 is 4.39 Å². The van der Waals surface area contributed by atoms with Gasteiger partial charge in [-0.05, 0) is 51.1 Å². The van der Waals surface area contributed by atoms with Crippen molar-refractivity contribution in [2.24, 2.45) is 0 Å². The average Bonchev–Trinajstić information content (AvgIpc) is 3.15. The van der Waals surface area contributed by atoms with Gasteiger partial charge in [-0.1, -0.05) is 35.6 Å². The minimum atomic E-state index is -0.598. The SMILES string of the molecule is COc1c(C(=O)NC(C)(C)C)nn(-c2ccc(C#CCNC(C)=O)cc2F)c1-c1ccc(Cl)cc1. The third-order valence-corrected chi connectivity index (χ3v) is 4.95. The van der Waals surface area contributed by atoms with Gasteiger partial charge in [0.2, 0.25) is 5.91 Å². The summed E-state index contributed by atoms with van der Waals surface area (Å²) in [5.74, 6) is 4.52. The van der Waals surface area contributed by atoms with Crippen molar-refractivity contribution < 1.29 is 18.7 Å². The van der Waals surface area contributed by atoms with Crippen molar-refractivity contribution in [1.29, 1.82) is 0 Å². The largest absolute Gasteiger partial charge is 0.492 e. The molecule has 3 rings (SSSR count). The van der Waals surface area contributed by atoms with Gasteiger partial charge in [-0.3, -0.25) is 9.59 Å². The first kappa shape index (κ1) is 25.8. The van der Waals surface area contributed by atoms with Gasteiger partial charge in [0, 0.05) is 28.6 Å². The minimum Gasteiger partial charge on any atom is -0.492 e. The molecule has 7 nitrogen and oxygen atoms in total. The highest BCUT2D eigenvalue weighted by molar-refractivity contribution is 6.30. The molecule has 0 radical (unpaired) electrons. The van der Waals surface area contributed by atoms with Crippen LogP contribution in [0.3, 0.4) is 0 Å². The van der Waals surface area contributed by atoms with Gasteiger partial charge in [0.15, 0.2) is 11.4 Å². The van der Waals surface area contributed by atoms with Crippen LogP contribution in [0, 0.1) is 17.7 Å². The normalized spacial score (nSPS) is 10.8. The van der Waals surface area contributed by atoms with E-state index in [1.807, 2.05) is 20.8 Å². The zero-order valence-corrected chi connectivity index (χ0v) is 20.9. The standard InChI is InChI=1S/C26H26ClFN4O3/c1-16(33)29-14-6-7-17-8-13-21(20(28)15-17)32-23(18-9-11-19(27)12-10-18)24(35-5)22(31-32)25(34)30-26(2,3)4/h8-13,15H,14H2,1-5H3,(H,29,33)(H,30,34). The average molecular weight is 497 g/mol. The number of nitrogens with zero attached hydrogens (tertiary/aromatic N) is 2. The number of rotatable bonds is 5. The molecule has 0 aliphatic carbocycles. The summed E-state index contributed by atoms with van der Waals surface area (Å²) >= 11 is 6.06. The van der Waals surface area contributed by atoms with Crippen molar-refractivity contribution in [3.8, 4) is 34.5 Å². The number of aromatic nitrogens is 2. The van der Waals surface area contributed by atoms with E-state index in [0.29, 0.717) is 21.8 Å². The van der Waals surface area contributed by atoms with E-state index in [1.54, 1.807) is 30.3 Å². The lowest BCUT2D eigenvalue weighted by atomic mass is 10.1. The van der Waals surface area contributed by atoms with Crippen LogP contribution in [-0.4, -0.2) is 40.8 Å². The highest BCUT2D eigenvalue weighted by Crippen LogP contribution is 2.36. The molecule has 0 saturated heterocycles. The summed E-state index contributed by atoms with van der Waals surface area (Å²) in [6.45, 7) is 7.09. The van der Waals surface area contributed by atoms with E-state index in [4.69, 9.17) is 16.3 Å². The molecule has 0 aliphatic heterocycles. The Labute approximate surface area is 208 Å². The molecule has 2 aromatic carbocycles. The predicted octanol–water partition coefficient (Wildman–Crippen LogP) is 4.36. The summed E-state index contributed by atoms with van der Waals surface area (Å²) in [5, 5.41) is 10.4. The molecule has 0 saturated carbocycles. The molecule has 0 spiro atoms. The Morgan fingerprint density at radius 3 is 2.43 bits per heavy atom. The number of hydrogen-bond acceptors (Lipinski definition) is 4. The van der Waals surface area contributed by atoms with Gasteiger partial charge in [-0.2, -0.15) is 5.10 Å². The maximum absolute atomic E-state index is 15.3. The van der Waals surface area contributed by atoms with Crippen molar-refractivity contribution in [2.75, 3.05) is 13.7 Å². The number of methoxy groups -OCH3 is 1. The minimum absolute atomic E-state index is 0.0194. The van der Waals surface area contributed by atoms with E-state index in [-0.39, 0.29) is 29.6 Å². The van der Waals surface area contributed by atoms with Crippen LogP contribution in [0.4, 0.5) is 4.39 Å². The zero-order valence-electron chi connectivity index (χ0n) is 20.1. The van der Waals surface area contributed by atoms with E-state index in [1.165, 1.54) is 30.8 Å². The van der Waals surface area contributed by atoms with Crippen molar-refractivity contribution in [3.05, 3.63) is 64.6 Å². The van der Waals surface area contributed by atoms with Crippen LogP contribution >= 0.6 is 11.6 Å². The first-order valence-electron chi connectivity index (χ1n) is 10.8. The topological polar surface area (TPSA) is 85.2 Å². The first-order valence-corrected chi connectivity index (χ1v) is 11.2. The van der Waals surface area contributed by atoms with Crippen LogP contribution < -0.4 is 15.4 Å². The zero-order chi connectivity index (χ0) is 25.8. The van der Waals surface area contributed by atoms with E-state index in [2.05, 4.69) is 27.6 Å². The summed E-state index contributed by atoms with van der Waals surface area (Å²) < 4.78 is 22.2. The van der Waals surface area contributed by atoms with Gasteiger partial charge < -0.3 is 15.4 Å². The van der Waals surface area contributed by atoms with Crippen molar-refractivity contribution in [2.45, 2.75) is 33.2 Å². The molecular weight excluding hydrogens is 471 g/mol. The molecule has 0 unspecified atom stereocenters. The maximum Gasteiger partial charge on any atom is 0.276 e. The molecular formula is C26H26ClFN4O3. The number of carbonyl (C=O) groups excluding carboxylic acids is 2. The Hall–Kier alpha value is -3.83. The van der Waals surface area contributed by atoms with Crippen LogP contribution in [-0.2, 0) is 4.79 Å². The van der Waals surface area contributed by atoms with Crippen LogP contribution in [0.5, 0.6) is 5.75 Å². The maximum atomic E-state index is 15.3. The molecule has 182 valence electrons. The lowest BCUT2D eigenvalue weighted by Crippen LogP contribution is -2.40. The molecule has 0 aliphatic rings. The third-order valence-electron chi connectivity index (χ3n) is 4.70. The number of amides is 2. The smallest absolute Gasteiger partial charge is 0.276 e. The van der Waals surface area contributed by atoms with Crippen molar-refractivity contribution in [3.63, 3.8) is 0 Å². The predicted molar refractivity (Wildman–Crippen MR) is 133 cm³/mol. The monoisotopic (exact) mass is 496 g/mol. The number of nitrogens with one attached hydrogen (secondary N) is 2. The lowest BCUT2D eigenvalue weighted by Gasteiger charge is -2.19. The molecule has 3 aromatic rings. The van der Waals surface area contributed by atoms with Crippen LogP contribution in [0.25, 0.3) is 16.9 Å². The summed E-state index contributed by atoms with van der Waals surface area (Å²) in [6.07, 6.45) is 0. The molecule has 2 N–H and O–H groups in total. The molecule has 0 bridgehead atoms. The molecule has 1 heterocycles. The fourth-order valence-electron chi connectivity index (χ4n) is 3.25. The molecule has 9 heteroatoms. The van der Waals surface area contributed by atoms with Crippen LogP contribution in [0.1, 0.15) is 43.7 Å². The van der Waals surface area contributed by atoms with Gasteiger partial charge >= 0.3 is 0 Å². The second kappa shape index (κ2) is 10.6. The van der Waals surface area contributed by atoms with E-state index in [0.717, 1.165) is 0 Å². The van der Waals surface area contributed by atoms with Gasteiger partial charge in [0.25, 0.3) is 5.91 Å². The summed E-state index contributed by atoms with van der Waals surface area (Å²) in [5.41, 5.74) is 1.06. The number of benzene rings is 2. The molecule has 0 fully saturated rings. The van der Waals surface area contributed by atoms with E-state index < -0.39 is 17.3 Å². The number of halogens is 2. The molecule has 1 aromatic heterocycles. The first-order chi connectivity index (χ1) is 16.5. The highest BCUT2D eigenvalue weighted by Gasteiger charge is 2.29. The molecule has 35 heavy (non-hydrogen) atoms. The lowest BCUT2D eigenvalue weighted by molar-refractivity contribution is -0.118. The van der Waals surface area contributed by atoms with Gasteiger partial charge in [0.1, 0.15) is 17.2 Å². The number of carbonyl (C=O) groups is 2. The van der Waals surface area contributed by atoms with Gasteiger partial charge in [-0.15, -0.1) is 0 Å². The molecule has 0 atom stereocenters. The van der Waals surface area contributed by atoms with Gasteiger partial charge in [-0.25, -0.2) is 9.07 Å². The van der Waals surface area contributed by atoms with E-state index in [9.17, 15) is 9.59 Å². The fraction of sp³-hybridized carbons (Fsp3) is 0.269. The Kier molecular flexibility index (Phi) is 7.82. The number of ether oxygens (including phenoxy) is 1. The third kappa shape index (κ3) is 6.40. The second-order valence-electron chi connectivity index (χ2n) is 8.73. The van der Waals surface area contributed by atoms with Crippen LogP contribution in [0.15, 0.2) is 42.5 Å². The van der Waals surface area contributed by atoms with Crippen molar-refractivity contribution in [1.82, 2.24) is 20.4 Å². The summed E-state index contributed by atoms with van der Waals surface area (Å²) in [7, 11) is 1.43. The second-order valence-corrected chi connectivity index (χ2v) is 9.17. The van der Waals surface area contributed by atoms with Gasteiger partial charge in [0.05, 0.1) is 13.7 Å². The Balaban J connectivity index is 2.14. The van der Waals surface area contributed by atoms with Crippen LogP contribution in [0.2, 0.25) is 5.02 Å². The molecule has 2 amide bonds. The Bertz CT molecular complexity index is 1320. The highest BCUT2D eigenvalue weighted by atomic mass is 35.5. The number of hydrogen-bond donors (Lipinski definition) is 2. The summed E-state index contributed by atoms with van der Waals surface area (Å²) in [4.78, 5) is 24.0. The van der Waals surface area contributed by atoms with Crippen molar-refractivity contribution >= 4 is 23.4 Å². The summed E-state index contributed by atoms with van der Waals surface area (Å²) in [6, 6.07) is 11.3. The Morgan fingerprint density at radius 2 is 1.86 bits per heavy atom.